The highest BCUT2D eigenvalue weighted by atomic mass is 32.1. The van der Waals surface area contributed by atoms with Gasteiger partial charge < -0.3 is 10.6 Å². The largest absolute Gasteiger partial charge is 0.354 e. The summed E-state index contributed by atoms with van der Waals surface area (Å²) in [6.45, 7) is 0.721. The van der Waals surface area contributed by atoms with Crippen molar-refractivity contribution in [3.8, 4) is 0 Å². The van der Waals surface area contributed by atoms with Crippen molar-refractivity contribution < 1.29 is 9.59 Å². The van der Waals surface area contributed by atoms with Crippen LogP contribution in [0.3, 0.4) is 0 Å². The summed E-state index contributed by atoms with van der Waals surface area (Å²) in [5, 5.41) is 7.73. The number of hydrogen-bond donors (Lipinski definition) is 2. The molecule has 1 saturated heterocycles. The van der Waals surface area contributed by atoms with Crippen LogP contribution in [-0.4, -0.2) is 24.4 Å². The molecular formula is C15H20N2O2S. The molecule has 5 heteroatoms. The van der Waals surface area contributed by atoms with Crippen LogP contribution in [0.4, 0.5) is 0 Å². The smallest absolute Gasteiger partial charge is 0.253 e. The number of amides is 2. The zero-order valence-electron chi connectivity index (χ0n) is 11.5. The molecule has 1 atom stereocenters. The van der Waals surface area contributed by atoms with Crippen molar-refractivity contribution in [3.05, 3.63) is 21.4 Å². The van der Waals surface area contributed by atoms with Crippen molar-refractivity contribution in [2.45, 2.75) is 51.0 Å². The van der Waals surface area contributed by atoms with E-state index in [2.05, 4.69) is 10.6 Å². The minimum atomic E-state index is -0.371. The average Bonchev–Trinajstić information content (AvgIpc) is 2.79. The van der Waals surface area contributed by atoms with Gasteiger partial charge in [-0.3, -0.25) is 9.59 Å². The lowest BCUT2D eigenvalue weighted by Gasteiger charge is -2.17. The maximum atomic E-state index is 12.4. The van der Waals surface area contributed by atoms with Gasteiger partial charge in [0.05, 0.1) is 5.56 Å². The van der Waals surface area contributed by atoms with Crippen molar-refractivity contribution in [2.24, 2.45) is 0 Å². The summed E-state index contributed by atoms with van der Waals surface area (Å²) in [5.74, 6) is -0.119. The number of nitrogens with one attached hydrogen (secondary N) is 2. The zero-order chi connectivity index (χ0) is 13.9. The molecule has 2 aliphatic rings. The second kappa shape index (κ2) is 5.95. The molecule has 1 aliphatic carbocycles. The van der Waals surface area contributed by atoms with Crippen LogP contribution in [0.2, 0.25) is 0 Å². The molecule has 0 spiro atoms. The van der Waals surface area contributed by atoms with Gasteiger partial charge in [0, 0.05) is 16.8 Å². The number of fused-ring (bicyclic) bond motifs is 1. The molecule has 0 bridgehead atoms. The fourth-order valence-electron chi connectivity index (χ4n) is 3.00. The first-order chi connectivity index (χ1) is 9.75. The van der Waals surface area contributed by atoms with Crippen molar-refractivity contribution in [1.29, 1.82) is 0 Å². The summed E-state index contributed by atoms with van der Waals surface area (Å²) in [4.78, 5) is 25.7. The number of thiophene rings is 1. The molecule has 3 rings (SSSR count). The van der Waals surface area contributed by atoms with Crippen molar-refractivity contribution in [2.75, 3.05) is 6.54 Å². The van der Waals surface area contributed by atoms with Crippen molar-refractivity contribution in [1.82, 2.24) is 10.6 Å². The van der Waals surface area contributed by atoms with E-state index in [1.54, 1.807) is 11.3 Å². The van der Waals surface area contributed by atoms with Crippen LogP contribution in [0.5, 0.6) is 0 Å². The van der Waals surface area contributed by atoms with Crippen LogP contribution in [0.15, 0.2) is 5.38 Å². The molecule has 1 aromatic rings. The van der Waals surface area contributed by atoms with Crippen molar-refractivity contribution >= 4 is 23.2 Å². The number of carbonyl (C=O) groups excluding carboxylic acids is 2. The Labute approximate surface area is 122 Å². The number of aryl methyl sites for hydroxylation is 1. The van der Waals surface area contributed by atoms with Gasteiger partial charge in [0.25, 0.3) is 5.91 Å². The van der Waals surface area contributed by atoms with Gasteiger partial charge in [0.2, 0.25) is 5.91 Å². The predicted octanol–water partition coefficient (Wildman–Crippen LogP) is 2.03. The third kappa shape index (κ3) is 2.73. The van der Waals surface area contributed by atoms with Gasteiger partial charge in [-0.1, -0.05) is 0 Å². The molecule has 0 radical (unpaired) electrons. The Morgan fingerprint density at radius 3 is 3.00 bits per heavy atom. The lowest BCUT2D eigenvalue weighted by Crippen LogP contribution is -2.45. The minimum absolute atomic E-state index is 0.0417. The van der Waals surface area contributed by atoms with Crippen molar-refractivity contribution in [3.63, 3.8) is 0 Å². The number of carbonyl (C=O) groups is 2. The van der Waals surface area contributed by atoms with Crippen LogP contribution < -0.4 is 10.6 Å². The molecule has 20 heavy (non-hydrogen) atoms. The Kier molecular flexibility index (Phi) is 4.05. The molecule has 4 nitrogen and oxygen atoms in total. The second-order valence-corrected chi connectivity index (χ2v) is 6.54. The molecule has 0 unspecified atom stereocenters. The highest BCUT2D eigenvalue weighted by Gasteiger charge is 2.25. The normalized spacial score (nSPS) is 22.6. The fraction of sp³-hybridized carbons (Fsp3) is 0.600. The van der Waals surface area contributed by atoms with Gasteiger partial charge in [-0.05, 0) is 50.5 Å². The first kappa shape index (κ1) is 13.6. The fourth-order valence-corrected chi connectivity index (χ4v) is 4.12. The molecule has 1 fully saturated rings. The highest BCUT2D eigenvalue weighted by Crippen LogP contribution is 2.30. The molecule has 2 heterocycles. The summed E-state index contributed by atoms with van der Waals surface area (Å²) in [6.07, 6.45) is 7.18. The Morgan fingerprint density at radius 1 is 1.25 bits per heavy atom. The number of hydrogen-bond acceptors (Lipinski definition) is 3. The van der Waals surface area contributed by atoms with E-state index in [0.717, 1.165) is 50.6 Å². The van der Waals surface area contributed by atoms with Gasteiger partial charge in [0.15, 0.2) is 0 Å². The molecule has 1 aliphatic heterocycles. The molecular weight excluding hydrogens is 272 g/mol. The van der Waals surface area contributed by atoms with E-state index < -0.39 is 0 Å². The average molecular weight is 292 g/mol. The van der Waals surface area contributed by atoms with Gasteiger partial charge >= 0.3 is 0 Å². The maximum absolute atomic E-state index is 12.4. The van der Waals surface area contributed by atoms with E-state index >= 15 is 0 Å². The van der Waals surface area contributed by atoms with Crippen LogP contribution in [0.1, 0.15) is 52.9 Å². The standard InChI is InChI=1S/C15H20N2O2S/c18-14(17-12-6-3-4-8-16-15(12)19)11-9-20-13-7-2-1-5-10(11)13/h9,12H,1-8H2,(H,16,19)(H,17,18)/t12-/m1/s1. The third-order valence-corrected chi connectivity index (χ3v) is 5.24. The van der Waals surface area contributed by atoms with E-state index in [1.165, 1.54) is 16.9 Å². The van der Waals surface area contributed by atoms with Crippen LogP contribution in [0.25, 0.3) is 0 Å². The Bertz CT molecular complexity index is 524. The van der Waals surface area contributed by atoms with Crippen LogP contribution in [0, 0.1) is 0 Å². The topological polar surface area (TPSA) is 58.2 Å². The van der Waals surface area contributed by atoms with Gasteiger partial charge in [0.1, 0.15) is 6.04 Å². The van der Waals surface area contributed by atoms with E-state index in [9.17, 15) is 9.59 Å². The predicted molar refractivity (Wildman–Crippen MR) is 79.1 cm³/mol. The van der Waals surface area contributed by atoms with E-state index in [4.69, 9.17) is 0 Å². The quantitative estimate of drug-likeness (QED) is 0.876. The summed E-state index contributed by atoms with van der Waals surface area (Å²) < 4.78 is 0. The summed E-state index contributed by atoms with van der Waals surface area (Å²) in [7, 11) is 0. The van der Waals surface area contributed by atoms with E-state index in [-0.39, 0.29) is 17.9 Å². The molecule has 0 aromatic carbocycles. The van der Waals surface area contributed by atoms with Gasteiger partial charge in [-0.25, -0.2) is 0 Å². The first-order valence-corrected chi connectivity index (χ1v) is 8.31. The minimum Gasteiger partial charge on any atom is -0.354 e. The lowest BCUT2D eigenvalue weighted by molar-refractivity contribution is -0.122. The first-order valence-electron chi connectivity index (χ1n) is 7.43. The molecule has 0 saturated carbocycles. The zero-order valence-corrected chi connectivity index (χ0v) is 12.4. The summed E-state index contributed by atoms with van der Waals surface area (Å²) >= 11 is 1.69. The highest BCUT2D eigenvalue weighted by molar-refractivity contribution is 7.10. The van der Waals surface area contributed by atoms with Crippen LogP contribution >= 0.6 is 11.3 Å². The Hall–Kier alpha value is -1.36. The molecule has 1 aromatic heterocycles. The molecule has 2 N–H and O–H groups in total. The third-order valence-electron chi connectivity index (χ3n) is 4.15. The summed E-state index contributed by atoms with van der Waals surface area (Å²) in [5.41, 5.74) is 2.01. The van der Waals surface area contributed by atoms with E-state index in [1.807, 2.05) is 5.38 Å². The lowest BCUT2D eigenvalue weighted by atomic mass is 9.95. The molecule has 2 amide bonds. The summed E-state index contributed by atoms with van der Waals surface area (Å²) in [6, 6.07) is -0.371. The van der Waals surface area contributed by atoms with Gasteiger partial charge in [-0.2, -0.15) is 0 Å². The Balaban J connectivity index is 1.72. The van der Waals surface area contributed by atoms with Crippen LogP contribution in [-0.2, 0) is 17.6 Å². The number of rotatable bonds is 2. The SMILES string of the molecule is O=C(N[C@@H]1CCCCNC1=O)c1csc2c1CCCC2. The monoisotopic (exact) mass is 292 g/mol. The maximum Gasteiger partial charge on any atom is 0.253 e. The van der Waals surface area contributed by atoms with E-state index in [0.29, 0.717) is 0 Å². The second-order valence-electron chi connectivity index (χ2n) is 5.57. The van der Waals surface area contributed by atoms with Gasteiger partial charge in [-0.15, -0.1) is 11.3 Å². The Morgan fingerprint density at radius 2 is 2.10 bits per heavy atom. The molecule has 108 valence electrons.